The first-order chi connectivity index (χ1) is 20.4. The largest absolute Gasteiger partial charge is 0.494 e. The third-order valence-electron chi connectivity index (χ3n) is 7.46. The van der Waals surface area contributed by atoms with Gasteiger partial charge < -0.3 is 20.7 Å². The highest BCUT2D eigenvalue weighted by Crippen LogP contribution is 2.39. The number of nitrogens with one attached hydrogen (secondary N) is 3. The summed E-state index contributed by atoms with van der Waals surface area (Å²) in [6, 6.07) is 13.4. The highest BCUT2D eigenvalue weighted by atomic mass is 16.5. The molecule has 2 aliphatic rings. The zero-order valence-corrected chi connectivity index (χ0v) is 23.6. The topological polar surface area (TPSA) is 142 Å². The molecule has 2 amide bonds. The van der Waals surface area contributed by atoms with Crippen LogP contribution in [0.3, 0.4) is 0 Å². The van der Waals surface area contributed by atoms with E-state index in [-0.39, 0.29) is 29.4 Å². The van der Waals surface area contributed by atoms with Crippen molar-refractivity contribution in [3.8, 4) is 16.9 Å². The van der Waals surface area contributed by atoms with Crippen molar-refractivity contribution in [3.63, 3.8) is 0 Å². The molecule has 0 atom stereocenters. The molecule has 1 aliphatic carbocycles. The summed E-state index contributed by atoms with van der Waals surface area (Å²) in [6.07, 6.45) is 7.35. The fourth-order valence-electron chi connectivity index (χ4n) is 4.85. The number of amides is 2. The number of rotatable bonds is 10. The van der Waals surface area contributed by atoms with Crippen LogP contribution in [-0.4, -0.2) is 76.1 Å². The molecule has 0 unspecified atom stereocenters. The number of para-hydroxylation sites is 1. The Morgan fingerprint density at radius 2 is 1.90 bits per heavy atom. The van der Waals surface area contributed by atoms with Crippen LogP contribution in [0.2, 0.25) is 0 Å². The SMILES string of the molecule is CNC(=O)c1nnc(NC(=O)C2CC2)cc1Nc1cccc(-c2cnn(C3CN(N(C)c4ccccn4)C3)c2)c1OC. The van der Waals surface area contributed by atoms with Crippen LogP contribution in [0.1, 0.15) is 29.4 Å². The molecule has 0 spiro atoms. The van der Waals surface area contributed by atoms with Crippen molar-refractivity contribution in [3.05, 3.63) is 66.7 Å². The van der Waals surface area contributed by atoms with Crippen molar-refractivity contribution in [2.75, 3.05) is 49.9 Å². The third kappa shape index (κ3) is 5.46. The van der Waals surface area contributed by atoms with E-state index < -0.39 is 5.91 Å². The fraction of sp³-hybridized carbons (Fsp3) is 0.310. The minimum Gasteiger partial charge on any atom is -0.494 e. The van der Waals surface area contributed by atoms with Crippen molar-refractivity contribution < 1.29 is 14.3 Å². The number of hydrazine groups is 1. The van der Waals surface area contributed by atoms with Crippen LogP contribution in [0.5, 0.6) is 5.75 Å². The predicted molar refractivity (Wildman–Crippen MR) is 158 cm³/mol. The van der Waals surface area contributed by atoms with Gasteiger partial charge in [0.15, 0.2) is 11.5 Å². The lowest BCUT2D eigenvalue weighted by Gasteiger charge is -2.44. The smallest absolute Gasteiger partial charge is 0.273 e. The molecule has 42 heavy (non-hydrogen) atoms. The van der Waals surface area contributed by atoms with Gasteiger partial charge in [0.05, 0.1) is 30.7 Å². The quantitative estimate of drug-likeness (QED) is 0.261. The van der Waals surface area contributed by atoms with Crippen molar-refractivity contribution in [1.82, 2.24) is 35.3 Å². The average Bonchev–Trinajstić information content (AvgIpc) is 3.74. The van der Waals surface area contributed by atoms with Crippen LogP contribution >= 0.6 is 0 Å². The van der Waals surface area contributed by atoms with E-state index in [4.69, 9.17) is 4.74 Å². The number of hydrogen-bond acceptors (Lipinski definition) is 10. The summed E-state index contributed by atoms with van der Waals surface area (Å²) >= 11 is 0. The lowest BCUT2D eigenvalue weighted by Crippen LogP contribution is -2.55. The highest BCUT2D eigenvalue weighted by Gasteiger charge is 2.33. The number of hydrogen-bond donors (Lipinski definition) is 3. The zero-order chi connectivity index (χ0) is 29.2. The maximum Gasteiger partial charge on any atom is 0.273 e. The van der Waals surface area contributed by atoms with Gasteiger partial charge in [-0.15, -0.1) is 10.2 Å². The zero-order valence-electron chi connectivity index (χ0n) is 23.6. The van der Waals surface area contributed by atoms with Gasteiger partial charge in [-0.3, -0.25) is 19.3 Å². The summed E-state index contributed by atoms with van der Waals surface area (Å²) in [5.41, 5.74) is 2.82. The van der Waals surface area contributed by atoms with Crippen LogP contribution < -0.4 is 25.7 Å². The van der Waals surface area contributed by atoms with Crippen molar-refractivity contribution in [1.29, 1.82) is 0 Å². The summed E-state index contributed by atoms with van der Waals surface area (Å²) < 4.78 is 7.82. The summed E-state index contributed by atoms with van der Waals surface area (Å²) in [4.78, 5) is 29.3. The molecule has 1 aromatic carbocycles. The minimum absolute atomic E-state index is 0.00399. The average molecular weight is 569 g/mol. The number of methoxy groups -OCH3 is 1. The predicted octanol–water partition coefficient (Wildman–Crippen LogP) is 3.10. The van der Waals surface area contributed by atoms with Gasteiger partial charge in [-0.05, 0) is 31.0 Å². The Morgan fingerprint density at radius 3 is 2.62 bits per heavy atom. The standard InChI is InChI=1S/C29H32N10O3/c1-30-29(41)26-23(13-24(35-36-26)34-28(40)18-10-11-18)33-22-8-6-7-21(27(22)42-3)19-14-32-39(15-19)20-16-38(17-20)37(2)25-9-4-5-12-31-25/h4-9,12-15,18,20H,10-11,16-17H2,1-3H3,(H,30,41)(H2,33,34,35,40). The van der Waals surface area contributed by atoms with Gasteiger partial charge >= 0.3 is 0 Å². The first-order valence-electron chi connectivity index (χ1n) is 13.7. The molecule has 1 aliphatic heterocycles. The summed E-state index contributed by atoms with van der Waals surface area (Å²) in [6.45, 7) is 1.62. The number of pyridine rings is 1. The van der Waals surface area contributed by atoms with Crippen LogP contribution in [0.15, 0.2) is 61.1 Å². The Hall–Kier alpha value is -5.04. The second-order valence-electron chi connectivity index (χ2n) is 10.3. The van der Waals surface area contributed by atoms with Gasteiger partial charge in [0.1, 0.15) is 11.6 Å². The minimum atomic E-state index is -0.412. The first kappa shape index (κ1) is 27.1. The highest BCUT2D eigenvalue weighted by molar-refractivity contribution is 6.00. The van der Waals surface area contributed by atoms with Gasteiger partial charge in [-0.1, -0.05) is 18.2 Å². The third-order valence-corrected chi connectivity index (χ3v) is 7.46. The van der Waals surface area contributed by atoms with Gasteiger partial charge in [0.2, 0.25) is 5.91 Å². The van der Waals surface area contributed by atoms with E-state index >= 15 is 0 Å². The number of aromatic nitrogens is 5. The molecule has 1 saturated carbocycles. The van der Waals surface area contributed by atoms with Crippen molar-refractivity contribution in [2.24, 2.45) is 5.92 Å². The fourth-order valence-corrected chi connectivity index (χ4v) is 4.85. The van der Waals surface area contributed by atoms with E-state index in [0.29, 0.717) is 17.1 Å². The lowest BCUT2D eigenvalue weighted by molar-refractivity contribution is -0.117. The second-order valence-corrected chi connectivity index (χ2v) is 10.3. The van der Waals surface area contributed by atoms with Gasteiger partial charge in [0.25, 0.3) is 5.91 Å². The molecular weight excluding hydrogens is 536 g/mol. The Bertz CT molecular complexity index is 1600. The first-order valence-corrected chi connectivity index (χ1v) is 13.7. The van der Waals surface area contributed by atoms with Crippen LogP contribution in [0.25, 0.3) is 11.1 Å². The summed E-state index contributed by atoms with van der Waals surface area (Å²) in [5.74, 6) is 1.23. The maximum atomic E-state index is 12.6. The molecule has 3 aromatic heterocycles. The van der Waals surface area contributed by atoms with Crippen molar-refractivity contribution in [2.45, 2.75) is 18.9 Å². The number of benzene rings is 1. The maximum absolute atomic E-state index is 12.6. The molecule has 2 fully saturated rings. The summed E-state index contributed by atoms with van der Waals surface area (Å²) in [5, 5.41) is 25.7. The Labute approximate surface area is 242 Å². The van der Waals surface area contributed by atoms with E-state index in [1.807, 2.05) is 60.5 Å². The molecule has 1 saturated heterocycles. The Balaban J connectivity index is 1.22. The number of carbonyl (C=O) groups is 2. The van der Waals surface area contributed by atoms with Crippen molar-refractivity contribution >= 4 is 34.8 Å². The van der Waals surface area contributed by atoms with Crippen LogP contribution in [0, 0.1) is 5.92 Å². The molecule has 0 radical (unpaired) electrons. The van der Waals surface area contributed by atoms with E-state index in [0.717, 1.165) is 42.9 Å². The Morgan fingerprint density at radius 1 is 1.07 bits per heavy atom. The van der Waals surface area contributed by atoms with E-state index in [1.165, 1.54) is 7.05 Å². The molecule has 0 bridgehead atoms. The normalized spacial score (nSPS) is 15.0. The van der Waals surface area contributed by atoms with E-state index in [1.54, 1.807) is 19.4 Å². The second kappa shape index (κ2) is 11.4. The monoisotopic (exact) mass is 568 g/mol. The summed E-state index contributed by atoms with van der Waals surface area (Å²) in [7, 11) is 5.12. The number of nitrogens with zero attached hydrogens (tertiary/aromatic N) is 7. The number of ether oxygens (including phenoxy) is 1. The van der Waals surface area contributed by atoms with E-state index in [9.17, 15) is 9.59 Å². The molecule has 13 heteroatoms. The molecule has 4 aromatic rings. The van der Waals surface area contributed by atoms with Gasteiger partial charge in [0, 0.05) is 62.7 Å². The number of carbonyl (C=O) groups excluding carboxylic acids is 2. The van der Waals surface area contributed by atoms with Crippen LogP contribution in [0.4, 0.5) is 23.0 Å². The molecule has 3 N–H and O–H groups in total. The molecular formula is C29H32N10O3. The lowest BCUT2D eigenvalue weighted by atomic mass is 10.1. The number of anilines is 4. The molecule has 6 rings (SSSR count). The molecule has 4 heterocycles. The van der Waals surface area contributed by atoms with E-state index in [2.05, 4.69) is 46.2 Å². The van der Waals surface area contributed by atoms with Gasteiger partial charge in [-0.25, -0.2) is 9.99 Å². The molecule has 13 nitrogen and oxygen atoms in total. The van der Waals surface area contributed by atoms with Gasteiger partial charge in [-0.2, -0.15) is 5.10 Å². The molecule has 216 valence electrons. The Kier molecular flexibility index (Phi) is 7.40. The van der Waals surface area contributed by atoms with Crippen LogP contribution in [-0.2, 0) is 4.79 Å².